The van der Waals surface area contributed by atoms with Gasteiger partial charge in [-0.25, -0.2) is 0 Å². The lowest BCUT2D eigenvalue weighted by atomic mass is 9.84. The van der Waals surface area contributed by atoms with Gasteiger partial charge in [-0.1, -0.05) is 261 Å². The van der Waals surface area contributed by atoms with Crippen molar-refractivity contribution in [2.45, 2.75) is 49.0 Å². The third kappa shape index (κ3) is 8.73. The molecule has 0 nitrogen and oxygen atoms in total. The Bertz CT molecular complexity index is 3170. The molecule has 0 atom stereocenters. The molecule has 0 heteroatoms. The Morgan fingerprint density at radius 2 is 0.354 bits per heavy atom. The molecule has 0 aliphatic carbocycles. The fraction of sp³-hybridized carbons (Fsp3) is 0.108. The van der Waals surface area contributed by atoms with Crippen molar-refractivity contribution in [2.24, 2.45) is 0 Å². The van der Waals surface area contributed by atoms with Crippen LogP contribution in [-0.2, 0) is 0 Å². The van der Waals surface area contributed by atoms with Crippen LogP contribution in [0.1, 0.15) is 49.0 Å². The van der Waals surface area contributed by atoms with Crippen molar-refractivity contribution in [2.75, 3.05) is 0 Å². The lowest BCUT2D eigenvalue weighted by Gasteiger charge is -2.19. The Morgan fingerprint density at radius 1 is 0.169 bits per heavy atom. The molecule has 0 saturated carbocycles. The molecule has 0 fully saturated rings. The van der Waals surface area contributed by atoms with E-state index in [9.17, 15) is 0 Å². The Labute approximate surface area is 387 Å². The normalized spacial score (nSPS) is 10.5. The fourth-order valence-corrected chi connectivity index (χ4v) is 9.28. The number of hydrogen-bond acceptors (Lipinski definition) is 0. The highest BCUT2D eigenvalue weighted by Crippen LogP contribution is 2.47. The lowest BCUT2D eigenvalue weighted by Crippen LogP contribution is -1.92. The summed E-state index contributed by atoms with van der Waals surface area (Å²) < 4.78 is 0. The van der Waals surface area contributed by atoms with Crippen molar-refractivity contribution in [1.82, 2.24) is 0 Å². The van der Waals surface area contributed by atoms with Crippen LogP contribution >= 0.6 is 0 Å². The van der Waals surface area contributed by atoms with E-state index < -0.39 is 0 Å². The fourth-order valence-electron chi connectivity index (χ4n) is 9.28. The average Bonchev–Trinajstić information content (AvgIpc) is 3.39. The second kappa shape index (κ2) is 21.2. The van der Waals surface area contributed by atoms with Gasteiger partial charge in [0.15, 0.2) is 0 Å². The van der Waals surface area contributed by atoms with E-state index in [0.29, 0.717) is 0 Å². The smallest absolute Gasteiger partial charge is 0.00259 e. The highest BCUT2D eigenvalue weighted by molar-refractivity contribution is 6.23. The van der Waals surface area contributed by atoms with Gasteiger partial charge in [0.25, 0.3) is 0 Å². The summed E-state index contributed by atoms with van der Waals surface area (Å²) in [7, 11) is 0. The van der Waals surface area contributed by atoms with Crippen molar-refractivity contribution >= 4 is 43.1 Å². The minimum atomic E-state index is 0. The lowest BCUT2D eigenvalue weighted by molar-refractivity contribution is 1.50. The standard InChI is InChI=1S/C58H38.3C2H6.CH4/c1-4-18-39(19-5-1)44-36-45(38-46(37-44)58-53-30-16-14-28-51(53)56(42-22-8-3-9-23-42)52-29-15-17-31-54(52)58)40-32-34-43(35-33-40)57-49-26-12-10-24-47(49)55(41-20-6-2-7-21-41)48-25-11-13-27-50(48)57;3*1-2;/h1-38H;3*1-2H3;1H4. The van der Waals surface area contributed by atoms with Crippen LogP contribution in [-0.4, -0.2) is 0 Å². The van der Waals surface area contributed by atoms with E-state index in [4.69, 9.17) is 0 Å². The molecule has 0 aliphatic rings. The monoisotopic (exact) mass is 840 g/mol. The number of rotatable bonds is 6. The van der Waals surface area contributed by atoms with Crippen molar-refractivity contribution in [3.63, 3.8) is 0 Å². The van der Waals surface area contributed by atoms with Gasteiger partial charge in [0, 0.05) is 0 Å². The predicted octanol–water partition coefficient (Wildman–Crippen LogP) is 20.0. The summed E-state index contributed by atoms with van der Waals surface area (Å²) in [6, 6.07) is 84.5. The zero-order valence-electron chi connectivity index (χ0n) is 37.9. The molecule has 0 aromatic heterocycles. The quantitative estimate of drug-likeness (QED) is 0.146. The van der Waals surface area contributed by atoms with E-state index in [1.54, 1.807) is 0 Å². The molecule has 0 unspecified atom stereocenters. The third-order valence-electron chi connectivity index (χ3n) is 11.8. The van der Waals surface area contributed by atoms with E-state index in [0.717, 1.165) is 0 Å². The number of hydrogen-bond donors (Lipinski definition) is 0. The van der Waals surface area contributed by atoms with Gasteiger partial charge in [-0.05, 0) is 128 Å². The summed E-state index contributed by atoms with van der Waals surface area (Å²) in [5, 5.41) is 10.1. The van der Waals surface area contributed by atoms with E-state index in [-0.39, 0.29) is 7.43 Å². The average molecular weight is 841 g/mol. The minimum absolute atomic E-state index is 0. The van der Waals surface area contributed by atoms with Crippen molar-refractivity contribution in [1.29, 1.82) is 0 Å². The second-order valence-electron chi connectivity index (χ2n) is 15.2. The Morgan fingerprint density at radius 3 is 0.646 bits per heavy atom. The van der Waals surface area contributed by atoms with Gasteiger partial charge in [-0.2, -0.15) is 0 Å². The van der Waals surface area contributed by atoms with Gasteiger partial charge in [0.1, 0.15) is 0 Å². The third-order valence-corrected chi connectivity index (χ3v) is 11.8. The predicted molar refractivity (Wildman–Crippen MR) is 290 cm³/mol. The molecule has 0 heterocycles. The van der Waals surface area contributed by atoms with E-state index >= 15 is 0 Å². The molecule has 11 aromatic carbocycles. The van der Waals surface area contributed by atoms with Gasteiger partial charge in [0.05, 0.1) is 0 Å². The van der Waals surface area contributed by atoms with E-state index in [1.807, 2.05) is 41.5 Å². The Kier molecular flexibility index (Phi) is 14.8. The van der Waals surface area contributed by atoms with Gasteiger partial charge in [-0.15, -0.1) is 0 Å². The second-order valence-corrected chi connectivity index (χ2v) is 15.2. The van der Waals surface area contributed by atoms with Gasteiger partial charge in [0.2, 0.25) is 0 Å². The molecule has 0 N–H and O–H groups in total. The first-order valence-electron chi connectivity index (χ1n) is 23.1. The molecule has 0 radical (unpaired) electrons. The highest BCUT2D eigenvalue weighted by Gasteiger charge is 2.19. The van der Waals surface area contributed by atoms with Gasteiger partial charge >= 0.3 is 0 Å². The zero-order chi connectivity index (χ0) is 44.4. The van der Waals surface area contributed by atoms with Crippen molar-refractivity contribution in [3.8, 4) is 66.8 Å². The molecule has 65 heavy (non-hydrogen) atoms. The van der Waals surface area contributed by atoms with Crippen molar-refractivity contribution in [3.05, 3.63) is 231 Å². The molecule has 0 aliphatic heterocycles. The van der Waals surface area contributed by atoms with E-state index in [2.05, 4.69) is 231 Å². The van der Waals surface area contributed by atoms with Crippen LogP contribution in [0.3, 0.4) is 0 Å². The number of fused-ring (bicyclic) bond motifs is 4. The first-order valence-corrected chi connectivity index (χ1v) is 23.1. The zero-order valence-corrected chi connectivity index (χ0v) is 37.9. The molecule has 11 rings (SSSR count). The largest absolute Gasteiger partial charge is 0.0776 e. The molecule has 320 valence electrons. The molecule has 0 spiro atoms. The molecular formula is C65H60. The summed E-state index contributed by atoms with van der Waals surface area (Å²) in [5.74, 6) is 0. The van der Waals surface area contributed by atoms with E-state index in [1.165, 1.54) is 110 Å². The minimum Gasteiger partial charge on any atom is -0.0776 e. The van der Waals surface area contributed by atoms with Crippen LogP contribution in [0.2, 0.25) is 0 Å². The highest BCUT2D eigenvalue weighted by atomic mass is 14.2. The first-order chi connectivity index (χ1) is 31.8. The Hall–Kier alpha value is -7.54. The summed E-state index contributed by atoms with van der Waals surface area (Å²) in [5.41, 5.74) is 14.8. The SMILES string of the molecule is C.CC.CC.CC.c1ccc(-c2cc(-c3ccc(-c4c5ccccc5c(-c5ccccc5)c5ccccc45)cc3)cc(-c3c4ccccc4c(-c4ccccc4)c4ccccc34)c2)cc1. The van der Waals surface area contributed by atoms with Gasteiger partial charge < -0.3 is 0 Å². The Balaban J connectivity index is 0.000000866. The summed E-state index contributed by atoms with van der Waals surface area (Å²) in [6.45, 7) is 12.0. The topological polar surface area (TPSA) is 0 Å². The maximum Gasteiger partial charge on any atom is -0.00259 e. The van der Waals surface area contributed by atoms with Crippen molar-refractivity contribution < 1.29 is 0 Å². The van der Waals surface area contributed by atoms with Crippen LogP contribution < -0.4 is 0 Å². The molecule has 0 amide bonds. The molecular weight excluding hydrogens is 781 g/mol. The summed E-state index contributed by atoms with van der Waals surface area (Å²) in [4.78, 5) is 0. The van der Waals surface area contributed by atoms with Crippen LogP contribution in [0, 0.1) is 0 Å². The van der Waals surface area contributed by atoms with Gasteiger partial charge in [-0.3, -0.25) is 0 Å². The maximum atomic E-state index is 2.40. The van der Waals surface area contributed by atoms with Crippen LogP contribution in [0.5, 0.6) is 0 Å². The van der Waals surface area contributed by atoms with Crippen LogP contribution in [0.4, 0.5) is 0 Å². The molecule has 0 bridgehead atoms. The summed E-state index contributed by atoms with van der Waals surface area (Å²) >= 11 is 0. The first kappa shape index (κ1) is 45.5. The molecule has 0 saturated heterocycles. The van der Waals surface area contributed by atoms with Crippen LogP contribution in [0.25, 0.3) is 110 Å². The number of benzene rings is 11. The summed E-state index contributed by atoms with van der Waals surface area (Å²) in [6.07, 6.45) is 0. The van der Waals surface area contributed by atoms with Crippen LogP contribution in [0.15, 0.2) is 231 Å². The maximum absolute atomic E-state index is 2.40. The molecule has 11 aromatic rings.